The van der Waals surface area contributed by atoms with E-state index in [4.69, 9.17) is 4.52 Å². The van der Waals surface area contributed by atoms with Crippen LogP contribution in [0.1, 0.15) is 70.4 Å². The molecule has 0 fully saturated rings. The average Bonchev–Trinajstić information content (AvgIpc) is 2.65. The molecule has 5 heteroatoms. The summed E-state index contributed by atoms with van der Waals surface area (Å²) in [5, 5.41) is 9.49. The predicted octanol–water partition coefficient (Wildman–Crippen LogP) is 5.94. The molecule has 0 radical (unpaired) electrons. The zero-order valence-corrected chi connectivity index (χ0v) is 18.3. The molecule has 2 aromatic carbocycles. The fraction of sp³-hybridized carbons (Fsp3) is 0.478. The van der Waals surface area contributed by atoms with Crippen molar-refractivity contribution in [3.8, 4) is 11.5 Å². The summed E-state index contributed by atoms with van der Waals surface area (Å²) in [5.74, 6) is 0.744. The molecule has 2 rings (SSSR count). The van der Waals surface area contributed by atoms with Gasteiger partial charge in [-0.15, -0.1) is 0 Å². The Kier molecular flexibility index (Phi) is 8.30. The van der Waals surface area contributed by atoms with E-state index < -0.39 is 7.94 Å². The van der Waals surface area contributed by atoms with Crippen LogP contribution in [0.15, 0.2) is 48.5 Å². The number of unbranched alkanes of at least 4 members (excludes halogenated alkanes) is 5. The summed E-state index contributed by atoms with van der Waals surface area (Å²) >= 11 is 0. The van der Waals surface area contributed by atoms with E-state index in [1.54, 1.807) is 24.3 Å². The third-order valence-corrected chi connectivity index (χ3v) is 6.87. The Labute approximate surface area is 169 Å². The molecular formula is C23H35O4P. The molecule has 2 aromatic rings. The first-order valence-corrected chi connectivity index (χ1v) is 12.3. The van der Waals surface area contributed by atoms with Gasteiger partial charge in [-0.3, -0.25) is 0 Å². The Hall–Kier alpha value is -1.61. The molecule has 0 aliphatic heterocycles. The first-order valence-electron chi connectivity index (χ1n) is 10.3. The van der Waals surface area contributed by atoms with Crippen molar-refractivity contribution in [3.05, 3.63) is 59.7 Å². The standard InChI is InChI=1S/C23H35O4P/c1-4-5-6-7-8-9-18-28(25,26)27-22-16-12-20(13-17-22)23(2,3)19-10-14-21(24)15-11-19/h10-17,24-26,28H,4-9,18H2,1-3H3. The Balaban J connectivity index is 1.93. The fourth-order valence-electron chi connectivity index (χ4n) is 3.36. The minimum atomic E-state index is -3.67. The first kappa shape index (κ1) is 22.7. The molecule has 28 heavy (non-hydrogen) atoms. The minimum absolute atomic E-state index is 0.238. The Bertz CT molecular complexity index is 708. The van der Waals surface area contributed by atoms with Gasteiger partial charge in [0, 0.05) is 0 Å². The van der Waals surface area contributed by atoms with Crippen molar-refractivity contribution in [3.63, 3.8) is 0 Å². The zero-order valence-electron chi connectivity index (χ0n) is 17.3. The summed E-state index contributed by atoms with van der Waals surface area (Å²) in [6.45, 7) is 6.42. The van der Waals surface area contributed by atoms with Gasteiger partial charge in [0.1, 0.15) is 0 Å². The van der Waals surface area contributed by atoms with Gasteiger partial charge < -0.3 is 0 Å². The molecule has 0 bridgehead atoms. The third kappa shape index (κ3) is 6.77. The van der Waals surface area contributed by atoms with Crippen molar-refractivity contribution in [2.75, 3.05) is 6.16 Å². The van der Waals surface area contributed by atoms with Gasteiger partial charge in [-0.1, -0.05) is 0 Å². The second-order valence-electron chi connectivity index (χ2n) is 8.06. The summed E-state index contributed by atoms with van der Waals surface area (Å²) in [6.07, 6.45) is 6.93. The van der Waals surface area contributed by atoms with Crippen LogP contribution >= 0.6 is 7.94 Å². The number of aromatic hydroxyl groups is 1. The molecule has 0 aromatic heterocycles. The second kappa shape index (κ2) is 10.2. The van der Waals surface area contributed by atoms with Crippen LogP contribution in [-0.2, 0) is 5.41 Å². The molecule has 0 unspecified atom stereocenters. The van der Waals surface area contributed by atoms with Crippen molar-refractivity contribution in [2.45, 2.75) is 64.7 Å². The number of phenols is 1. The molecule has 0 aliphatic carbocycles. The number of hydrogen-bond donors (Lipinski definition) is 3. The molecular weight excluding hydrogens is 371 g/mol. The molecule has 0 saturated heterocycles. The monoisotopic (exact) mass is 406 g/mol. The molecule has 0 heterocycles. The molecule has 0 spiro atoms. The van der Waals surface area contributed by atoms with E-state index in [-0.39, 0.29) is 11.2 Å². The number of benzene rings is 2. The van der Waals surface area contributed by atoms with Gasteiger partial charge in [0.05, 0.1) is 0 Å². The first-order chi connectivity index (χ1) is 13.2. The molecule has 3 N–H and O–H groups in total. The van der Waals surface area contributed by atoms with Crippen LogP contribution in [0.5, 0.6) is 11.5 Å². The predicted molar refractivity (Wildman–Crippen MR) is 118 cm³/mol. The maximum atomic E-state index is 10.3. The van der Waals surface area contributed by atoms with Crippen molar-refractivity contribution in [2.24, 2.45) is 0 Å². The van der Waals surface area contributed by atoms with Gasteiger partial charge in [-0.05, 0) is 0 Å². The van der Waals surface area contributed by atoms with E-state index in [0.29, 0.717) is 11.9 Å². The van der Waals surface area contributed by atoms with Crippen LogP contribution in [-0.4, -0.2) is 21.1 Å². The fourth-order valence-corrected chi connectivity index (χ4v) is 4.69. The van der Waals surface area contributed by atoms with Crippen LogP contribution in [0.3, 0.4) is 0 Å². The van der Waals surface area contributed by atoms with E-state index >= 15 is 0 Å². The van der Waals surface area contributed by atoms with Crippen molar-refractivity contribution < 1.29 is 19.4 Å². The van der Waals surface area contributed by atoms with E-state index in [0.717, 1.165) is 30.4 Å². The average molecular weight is 407 g/mol. The summed E-state index contributed by atoms with van der Waals surface area (Å²) in [5.41, 5.74) is 1.94. The summed E-state index contributed by atoms with van der Waals surface area (Å²) < 4.78 is 5.54. The number of hydrogen-bond acceptors (Lipinski definition) is 4. The van der Waals surface area contributed by atoms with Crippen LogP contribution in [0, 0.1) is 0 Å². The molecule has 0 saturated carbocycles. The summed E-state index contributed by atoms with van der Waals surface area (Å²) in [4.78, 5) is 20.5. The quantitative estimate of drug-likeness (QED) is 0.319. The van der Waals surface area contributed by atoms with E-state index in [2.05, 4.69) is 20.8 Å². The van der Waals surface area contributed by atoms with Crippen molar-refractivity contribution in [1.82, 2.24) is 0 Å². The van der Waals surface area contributed by atoms with Crippen LogP contribution < -0.4 is 4.52 Å². The Morgan fingerprint density at radius 1 is 0.786 bits per heavy atom. The van der Waals surface area contributed by atoms with Gasteiger partial charge in [-0.25, -0.2) is 0 Å². The van der Waals surface area contributed by atoms with E-state index in [9.17, 15) is 14.9 Å². The van der Waals surface area contributed by atoms with Gasteiger partial charge in [0.15, 0.2) is 0 Å². The molecule has 156 valence electrons. The topological polar surface area (TPSA) is 69.9 Å². The number of phenolic OH excluding ortho intramolecular Hbond substituents is 1. The summed E-state index contributed by atoms with van der Waals surface area (Å²) in [6, 6.07) is 14.7. The van der Waals surface area contributed by atoms with E-state index in [1.165, 1.54) is 19.3 Å². The molecule has 4 nitrogen and oxygen atoms in total. The Morgan fingerprint density at radius 3 is 1.86 bits per heavy atom. The molecule has 0 aliphatic rings. The zero-order chi connectivity index (χ0) is 20.6. The third-order valence-electron chi connectivity index (χ3n) is 5.30. The normalized spacial score (nSPS) is 12.8. The van der Waals surface area contributed by atoms with Gasteiger partial charge in [0.25, 0.3) is 0 Å². The van der Waals surface area contributed by atoms with Crippen molar-refractivity contribution >= 4 is 7.94 Å². The van der Waals surface area contributed by atoms with Crippen LogP contribution in [0.4, 0.5) is 0 Å². The van der Waals surface area contributed by atoms with Crippen LogP contribution in [0.25, 0.3) is 0 Å². The maximum absolute atomic E-state index is 10.3. The molecule has 0 atom stereocenters. The SMILES string of the molecule is CCCCCCCC[PH](O)(O)Oc1ccc(C(C)(C)c2ccc(O)cc2)cc1. The Morgan fingerprint density at radius 2 is 1.29 bits per heavy atom. The van der Waals surface area contributed by atoms with Crippen molar-refractivity contribution in [1.29, 1.82) is 0 Å². The van der Waals surface area contributed by atoms with Crippen LogP contribution in [0.2, 0.25) is 0 Å². The second-order valence-corrected chi connectivity index (χ2v) is 10.2. The van der Waals surface area contributed by atoms with Gasteiger partial charge in [0.2, 0.25) is 0 Å². The summed E-state index contributed by atoms with van der Waals surface area (Å²) in [7, 11) is -3.67. The number of rotatable bonds is 11. The molecule has 0 amide bonds. The van der Waals surface area contributed by atoms with E-state index in [1.807, 2.05) is 24.3 Å². The van der Waals surface area contributed by atoms with Gasteiger partial charge >= 0.3 is 169 Å². The van der Waals surface area contributed by atoms with Gasteiger partial charge in [-0.2, -0.15) is 0 Å².